The first kappa shape index (κ1) is 51.1. The third-order valence-corrected chi connectivity index (χ3v) is 12.8. The van der Waals surface area contributed by atoms with Crippen molar-refractivity contribution in [1.29, 1.82) is 0 Å². The fraction of sp³-hybridized carbons (Fsp3) is 0.583. The average molecular weight is 915 g/mol. The maximum Gasteiger partial charge on any atom is 0.245 e. The Hall–Kier alpha value is -5.88. The lowest BCUT2D eigenvalue weighted by molar-refractivity contribution is -0.142. The highest BCUT2D eigenvalue weighted by atomic mass is 16.2. The predicted molar refractivity (Wildman–Crippen MR) is 248 cm³/mol. The Kier molecular flexibility index (Phi) is 19.9. The highest BCUT2D eigenvalue weighted by Gasteiger charge is 2.41. The zero-order valence-electron chi connectivity index (χ0n) is 38.9. The van der Waals surface area contributed by atoms with E-state index in [1.165, 1.54) is 9.80 Å². The standard InChI is InChI=1S/C48H70N10O8/c1-31(49-3)41(59)53-35-21-11-13-25-51-43(61)38(30-34-19-9-6-10-20-34)56-46(64)40-24-16-28-58(40)48(66)36(54-42(60)32(2)50-4)22-12-14-26-52-44(62)37(29-33-17-7-5-8-18-33)55-45(63)39-23-15-27-57(39)47(35)65/h5-10,17-20,31-32,35-40,49-50H,11-16,21-30H2,1-4H3,(H,51,61)(H,52,62)(H,53,59)(H,54,60)(H,55,63)(H,56,64)/t31-,32-,35-,36?,37-,38-,39?,40?/m0/s1. The molecule has 0 spiro atoms. The normalized spacial score (nSPS) is 25.6. The molecule has 18 heteroatoms. The van der Waals surface area contributed by atoms with Gasteiger partial charge in [0.2, 0.25) is 47.3 Å². The first-order valence-electron chi connectivity index (χ1n) is 23.6. The lowest BCUT2D eigenvalue weighted by atomic mass is 10.0. The van der Waals surface area contributed by atoms with E-state index in [2.05, 4.69) is 42.5 Å². The quantitative estimate of drug-likeness (QED) is 0.161. The van der Waals surface area contributed by atoms with Gasteiger partial charge in [-0.3, -0.25) is 38.4 Å². The number of rotatable bonds is 10. The van der Waals surface area contributed by atoms with Crippen molar-refractivity contribution in [2.75, 3.05) is 40.3 Å². The summed E-state index contributed by atoms with van der Waals surface area (Å²) in [6.45, 7) is 4.36. The molecule has 8 atom stereocenters. The molecule has 0 saturated carbocycles. The minimum absolute atomic E-state index is 0.194. The molecule has 3 unspecified atom stereocenters. The van der Waals surface area contributed by atoms with Crippen molar-refractivity contribution < 1.29 is 38.4 Å². The lowest BCUT2D eigenvalue weighted by Gasteiger charge is -2.31. The van der Waals surface area contributed by atoms with E-state index >= 15 is 0 Å². The first-order valence-corrected chi connectivity index (χ1v) is 23.6. The number of carbonyl (C=O) groups excluding carboxylic acids is 8. The van der Waals surface area contributed by atoms with Gasteiger partial charge in [0.25, 0.3) is 0 Å². The van der Waals surface area contributed by atoms with Crippen molar-refractivity contribution in [2.45, 2.75) is 139 Å². The molecule has 0 aromatic heterocycles. The van der Waals surface area contributed by atoms with E-state index < -0.39 is 83.8 Å². The van der Waals surface area contributed by atoms with Gasteiger partial charge in [-0.1, -0.05) is 60.7 Å². The summed E-state index contributed by atoms with van der Waals surface area (Å²) in [4.78, 5) is 114. The Bertz CT molecular complexity index is 1830. The second-order valence-corrected chi connectivity index (χ2v) is 17.6. The van der Waals surface area contributed by atoms with Crippen LogP contribution in [0.15, 0.2) is 60.7 Å². The van der Waals surface area contributed by atoms with Gasteiger partial charge < -0.3 is 52.3 Å². The van der Waals surface area contributed by atoms with Crippen LogP contribution in [0.2, 0.25) is 0 Å². The summed E-state index contributed by atoms with van der Waals surface area (Å²) in [5.74, 6) is -3.34. The molecule has 3 saturated heterocycles. The van der Waals surface area contributed by atoms with Crippen LogP contribution in [-0.2, 0) is 51.2 Å². The molecule has 360 valence electrons. The summed E-state index contributed by atoms with van der Waals surface area (Å²) in [7, 11) is 3.28. The van der Waals surface area contributed by atoms with E-state index in [1.807, 2.05) is 60.7 Å². The zero-order valence-corrected chi connectivity index (χ0v) is 38.9. The Morgan fingerprint density at radius 1 is 0.545 bits per heavy atom. The predicted octanol–water partition coefficient (Wildman–Crippen LogP) is 0.195. The van der Waals surface area contributed by atoms with Crippen LogP contribution >= 0.6 is 0 Å². The molecule has 18 nitrogen and oxygen atoms in total. The van der Waals surface area contributed by atoms with Crippen molar-refractivity contribution in [3.05, 3.63) is 71.8 Å². The van der Waals surface area contributed by atoms with Crippen LogP contribution in [0.4, 0.5) is 0 Å². The number of fused-ring (bicyclic) bond motifs is 2. The Morgan fingerprint density at radius 2 is 0.924 bits per heavy atom. The topological polar surface area (TPSA) is 239 Å². The molecule has 8 amide bonds. The number of hydrogen-bond acceptors (Lipinski definition) is 10. The van der Waals surface area contributed by atoms with Crippen molar-refractivity contribution >= 4 is 47.3 Å². The Morgan fingerprint density at radius 3 is 1.29 bits per heavy atom. The first-order chi connectivity index (χ1) is 31.8. The Balaban J connectivity index is 1.41. The molecule has 3 aliphatic rings. The molecular formula is C48H70N10O8. The zero-order chi connectivity index (χ0) is 47.6. The fourth-order valence-electron chi connectivity index (χ4n) is 8.65. The number of carbonyl (C=O) groups is 8. The largest absolute Gasteiger partial charge is 0.354 e. The molecule has 3 heterocycles. The van der Waals surface area contributed by atoms with Crippen molar-refractivity contribution in [3.63, 3.8) is 0 Å². The van der Waals surface area contributed by atoms with Crippen molar-refractivity contribution in [3.8, 4) is 0 Å². The summed E-state index contributed by atoms with van der Waals surface area (Å²) in [5, 5.41) is 23.3. The summed E-state index contributed by atoms with van der Waals surface area (Å²) in [5.41, 5.74) is 1.64. The van der Waals surface area contributed by atoms with E-state index in [0.717, 1.165) is 11.1 Å². The van der Waals surface area contributed by atoms with Gasteiger partial charge in [0.05, 0.1) is 12.1 Å². The molecule has 3 fully saturated rings. The van der Waals surface area contributed by atoms with E-state index in [4.69, 9.17) is 0 Å². The van der Waals surface area contributed by atoms with Gasteiger partial charge in [-0.25, -0.2) is 0 Å². The SMILES string of the molecule is CN[C@@H](C)C(=O)NC1CCCCNC(=O)[C@H](Cc2ccccc2)NC(=O)C2CCCN2C(=O)[C@@H](NC(=O)[C@H](C)NC)CCCCNC(=O)[C@H](Cc2ccccc2)NC(=O)C2CCCN2C1=O. The van der Waals surface area contributed by atoms with E-state index in [1.54, 1.807) is 27.9 Å². The third kappa shape index (κ3) is 14.6. The van der Waals surface area contributed by atoms with Gasteiger partial charge in [-0.15, -0.1) is 0 Å². The highest BCUT2D eigenvalue weighted by molar-refractivity contribution is 5.96. The molecule has 0 radical (unpaired) electrons. The highest BCUT2D eigenvalue weighted by Crippen LogP contribution is 2.23. The van der Waals surface area contributed by atoms with Crippen molar-refractivity contribution in [2.24, 2.45) is 0 Å². The van der Waals surface area contributed by atoms with E-state index in [0.29, 0.717) is 64.5 Å². The van der Waals surface area contributed by atoms with Crippen LogP contribution in [0.1, 0.15) is 89.2 Å². The molecule has 0 bridgehead atoms. The number of nitrogens with one attached hydrogen (secondary N) is 8. The molecule has 66 heavy (non-hydrogen) atoms. The molecule has 3 aliphatic heterocycles. The maximum absolute atomic E-state index is 14.3. The van der Waals surface area contributed by atoms with Gasteiger partial charge in [0, 0.05) is 39.0 Å². The molecule has 0 aliphatic carbocycles. The third-order valence-electron chi connectivity index (χ3n) is 12.8. The smallest absolute Gasteiger partial charge is 0.245 e. The maximum atomic E-state index is 14.3. The number of likely N-dealkylation sites (N-methyl/N-ethyl adjacent to an activating group) is 2. The summed E-state index contributed by atoms with van der Waals surface area (Å²) < 4.78 is 0. The molecule has 5 rings (SSSR count). The summed E-state index contributed by atoms with van der Waals surface area (Å²) in [6, 6.07) is 11.8. The van der Waals surface area contributed by atoms with Crippen LogP contribution in [0.25, 0.3) is 0 Å². The molecule has 2 aromatic rings. The van der Waals surface area contributed by atoms with Gasteiger partial charge in [-0.05, 0) is 103 Å². The fourth-order valence-corrected chi connectivity index (χ4v) is 8.65. The number of hydrogen-bond donors (Lipinski definition) is 8. The second-order valence-electron chi connectivity index (χ2n) is 17.6. The van der Waals surface area contributed by atoms with Crippen LogP contribution in [-0.4, -0.2) is 146 Å². The number of benzene rings is 2. The number of amides is 8. The van der Waals surface area contributed by atoms with Gasteiger partial charge in [0.1, 0.15) is 36.3 Å². The molecular weight excluding hydrogens is 845 g/mol. The van der Waals surface area contributed by atoms with Crippen LogP contribution in [0.5, 0.6) is 0 Å². The van der Waals surface area contributed by atoms with E-state index in [-0.39, 0.29) is 50.6 Å². The van der Waals surface area contributed by atoms with E-state index in [9.17, 15) is 38.4 Å². The van der Waals surface area contributed by atoms with Crippen LogP contribution in [0, 0.1) is 0 Å². The number of nitrogens with zero attached hydrogens (tertiary/aromatic N) is 2. The van der Waals surface area contributed by atoms with Gasteiger partial charge >= 0.3 is 0 Å². The second kappa shape index (κ2) is 25.7. The summed E-state index contributed by atoms with van der Waals surface area (Å²) in [6.07, 6.45) is 4.41. The molecule has 8 N–H and O–H groups in total. The van der Waals surface area contributed by atoms with Crippen LogP contribution < -0.4 is 42.5 Å². The minimum Gasteiger partial charge on any atom is -0.354 e. The Labute approximate surface area is 388 Å². The lowest BCUT2D eigenvalue weighted by Crippen LogP contribution is -2.58. The molecule has 2 aromatic carbocycles. The minimum atomic E-state index is -0.972. The monoisotopic (exact) mass is 915 g/mol. The van der Waals surface area contributed by atoms with Gasteiger partial charge in [-0.2, -0.15) is 0 Å². The summed E-state index contributed by atoms with van der Waals surface area (Å²) >= 11 is 0. The van der Waals surface area contributed by atoms with Gasteiger partial charge in [0.15, 0.2) is 0 Å². The average Bonchev–Trinajstić information content (AvgIpc) is 4.03. The van der Waals surface area contributed by atoms with Crippen molar-refractivity contribution in [1.82, 2.24) is 52.3 Å². The van der Waals surface area contributed by atoms with Crippen LogP contribution in [0.3, 0.4) is 0 Å².